The fourth-order valence-corrected chi connectivity index (χ4v) is 2.00. The molecule has 0 amide bonds. The van der Waals surface area contributed by atoms with E-state index in [4.69, 9.17) is 9.47 Å². The lowest BCUT2D eigenvalue weighted by Gasteiger charge is -2.24. The van der Waals surface area contributed by atoms with Gasteiger partial charge in [0.15, 0.2) is 0 Å². The van der Waals surface area contributed by atoms with Crippen LogP contribution in [0.1, 0.15) is 11.1 Å². The third-order valence-electron chi connectivity index (χ3n) is 3.31. The van der Waals surface area contributed by atoms with E-state index in [2.05, 4.69) is 24.2 Å². The summed E-state index contributed by atoms with van der Waals surface area (Å²) in [6.07, 6.45) is 0. The largest absolute Gasteiger partial charge is 0.496 e. The van der Waals surface area contributed by atoms with E-state index < -0.39 is 0 Å². The van der Waals surface area contributed by atoms with Crippen LogP contribution < -0.4 is 19.7 Å². The number of likely N-dealkylation sites (N-methyl/N-ethyl adjacent to an activating group) is 2. The summed E-state index contributed by atoms with van der Waals surface area (Å²) in [4.78, 5) is 2.17. The van der Waals surface area contributed by atoms with Gasteiger partial charge in [-0.3, -0.25) is 0 Å². The maximum Gasteiger partial charge on any atom is 0.145 e. The molecule has 0 saturated carbocycles. The van der Waals surface area contributed by atoms with Gasteiger partial charge < -0.3 is 19.7 Å². The smallest absolute Gasteiger partial charge is 0.145 e. The lowest BCUT2D eigenvalue weighted by molar-refractivity contribution is 0.398. The normalized spacial score (nSPS) is 10.3. The van der Waals surface area contributed by atoms with Gasteiger partial charge in [-0.2, -0.15) is 0 Å². The van der Waals surface area contributed by atoms with Crippen molar-refractivity contribution in [3.8, 4) is 11.5 Å². The molecular weight excluding hydrogens is 228 g/mol. The quantitative estimate of drug-likeness (QED) is 0.839. The molecule has 0 bridgehead atoms. The highest BCUT2D eigenvalue weighted by atomic mass is 16.5. The van der Waals surface area contributed by atoms with E-state index in [9.17, 15) is 0 Å². The van der Waals surface area contributed by atoms with Crippen LogP contribution in [-0.2, 0) is 0 Å². The van der Waals surface area contributed by atoms with Crippen LogP contribution in [0.2, 0.25) is 0 Å². The van der Waals surface area contributed by atoms with Crippen molar-refractivity contribution in [1.29, 1.82) is 0 Å². The number of nitrogens with one attached hydrogen (secondary N) is 1. The highest BCUT2D eigenvalue weighted by molar-refractivity contribution is 5.67. The summed E-state index contributed by atoms with van der Waals surface area (Å²) < 4.78 is 11.0. The van der Waals surface area contributed by atoms with Crippen LogP contribution in [0.25, 0.3) is 0 Å². The number of hydrogen-bond acceptors (Lipinski definition) is 4. The summed E-state index contributed by atoms with van der Waals surface area (Å²) in [6.45, 7) is 5.95. The first-order valence-electron chi connectivity index (χ1n) is 6.14. The average molecular weight is 252 g/mol. The number of nitrogens with zero attached hydrogens (tertiary/aromatic N) is 1. The minimum Gasteiger partial charge on any atom is -0.496 e. The summed E-state index contributed by atoms with van der Waals surface area (Å²) in [5, 5.41) is 3.15. The molecule has 0 aliphatic heterocycles. The van der Waals surface area contributed by atoms with Gasteiger partial charge >= 0.3 is 0 Å². The first kappa shape index (κ1) is 14.6. The minimum atomic E-state index is 0.902. The Balaban J connectivity index is 3.20. The van der Waals surface area contributed by atoms with Crippen molar-refractivity contribution in [3.63, 3.8) is 0 Å². The molecule has 1 rings (SSSR count). The first-order valence-corrected chi connectivity index (χ1v) is 6.14. The molecule has 0 spiro atoms. The predicted molar refractivity (Wildman–Crippen MR) is 76.2 cm³/mol. The SMILES string of the molecule is CNCCN(C)c1cc(OC)c(C)c(C)c1OC. The Labute approximate surface area is 110 Å². The molecule has 4 heteroatoms. The zero-order valence-electron chi connectivity index (χ0n) is 12.3. The van der Waals surface area contributed by atoms with Crippen LogP contribution >= 0.6 is 0 Å². The molecule has 0 atom stereocenters. The van der Waals surface area contributed by atoms with Crippen LogP contribution in [0.3, 0.4) is 0 Å². The van der Waals surface area contributed by atoms with Crippen molar-refractivity contribution in [2.75, 3.05) is 46.3 Å². The van der Waals surface area contributed by atoms with Gasteiger partial charge in [0.05, 0.1) is 19.9 Å². The number of anilines is 1. The van der Waals surface area contributed by atoms with Crippen molar-refractivity contribution in [3.05, 3.63) is 17.2 Å². The van der Waals surface area contributed by atoms with E-state index in [1.54, 1.807) is 14.2 Å². The van der Waals surface area contributed by atoms with Gasteiger partial charge in [0.25, 0.3) is 0 Å². The molecule has 0 radical (unpaired) electrons. The number of methoxy groups -OCH3 is 2. The highest BCUT2D eigenvalue weighted by Crippen LogP contribution is 2.38. The van der Waals surface area contributed by atoms with Gasteiger partial charge in [-0.1, -0.05) is 0 Å². The van der Waals surface area contributed by atoms with Crippen LogP contribution in [0.15, 0.2) is 6.07 Å². The van der Waals surface area contributed by atoms with Crippen molar-refractivity contribution in [2.24, 2.45) is 0 Å². The van der Waals surface area contributed by atoms with E-state index in [-0.39, 0.29) is 0 Å². The molecule has 0 heterocycles. The van der Waals surface area contributed by atoms with E-state index in [1.807, 2.05) is 20.0 Å². The summed E-state index contributed by atoms with van der Waals surface area (Å²) in [5.41, 5.74) is 3.32. The van der Waals surface area contributed by atoms with E-state index in [0.717, 1.165) is 41.4 Å². The van der Waals surface area contributed by atoms with Crippen LogP contribution in [0.4, 0.5) is 5.69 Å². The second-order valence-electron chi connectivity index (χ2n) is 4.41. The zero-order chi connectivity index (χ0) is 13.7. The third-order valence-corrected chi connectivity index (χ3v) is 3.31. The second kappa shape index (κ2) is 6.50. The minimum absolute atomic E-state index is 0.902. The predicted octanol–water partition coefficient (Wildman–Crippen LogP) is 1.98. The molecule has 0 fully saturated rings. The molecular formula is C14H24N2O2. The van der Waals surface area contributed by atoms with E-state index in [0.29, 0.717) is 0 Å². The Hall–Kier alpha value is -1.42. The van der Waals surface area contributed by atoms with Gasteiger partial charge in [0, 0.05) is 26.2 Å². The molecule has 0 aliphatic rings. The maximum atomic E-state index is 5.54. The fourth-order valence-electron chi connectivity index (χ4n) is 2.00. The van der Waals surface area contributed by atoms with Crippen LogP contribution in [0, 0.1) is 13.8 Å². The number of rotatable bonds is 6. The summed E-state index contributed by atoms with van der Waals surface area (Å²) in [6, 6.07) is 2.04. The summed E-state index contributed by atoms with van der Waals surface area (Å²) in [5.74, 6) is 1.83. The molecule has 1 aromatic rings. The number of hydrogen-bond donors (Lipinski definition) is 1. The molecule has 0 aliphatic carbocycles. The van der Waals surface area contributed by atoms with E-state index >= 15 is 0 Å². The maximum absolute atomic E-state index is 5.54. The molecule has 18 heavy (non-hydrogen) atoms. The Morgan fingerprint density at radius 1 is 1.17 bits per heavy atom. The average Bonchev–Trinajstić information content (AvgIpc) is 2.38. The van der Waals surface area contributed by atoms with Crippen molar-refractivity contribution in [2.45, 2.75) is 13.8 Å². The molecule has 1 aromatic carbocycles. The Morgan fingerprint density at radius 2 is 1.83 bits per heavy atom. The van der Waals surface area contributed by atoms with Crippen molar-refractivity contribution >= 4 is 5.69 Å². The molecule has 0 saturated heterocycles. The molecule has 0 unspecified atom stereocenters. The van der Waals surface area contributed by atoms with Gasteiger partial charge in [-0.15, -0.1) is 0 Å². The van der Waals surface area contributed by atoms with Crippen LogP contribution in [-0.4, -0.2) is 41.4 Å². The monoisotopic (exact) mass is 252 g/mol. The van der Waals surface area contributed by atoms with Gasteiger partial charge in [0.2, 0.25) is 0 Å². The summed E-state index contributed by atoms with van der Waals surface area (Å²) in [7, 11) is 7.42. The Morgan fingerprint density at radius 3 is 2.33 bits per heavy atom. The third kappa shape index (κ3) is 2.88. The van der Waals surface area contributed by atoms with Gasteiger partial charge in [-0.05, 0) is 32.0 Å². The number of benzene rings is 1. The van der Waals surface area contributed by atoms with Crippen molar-refractivity contribution in [1.82, 2.24) is 5.32 Å². The highest BCUT2D eigenvalue weighted by Gasteiger charge is 2.16. The lowest BCUT2D eigenvalue weighted by Crippen LogP contribution is -2.27. The topological polar surface area (TPSA) is 33.7 Å². The molecule has 0 aromatic heterocycles. The van der Waals surface area contributed by atoms with Crippen molar-refractivity contribution < 1.29 is 9.47 Å². The fraction of sp³-hybridized carbons (Fsp3) is 0.571. The van der Waals surface area contributed by atoms with E-state index in [1.165, 1.54) is 0 Å². The summed E-state index contributed by atoms with van der Waals surface area (Å²) >= 11 is 0. The molecule has 102 valence electrons. The molecule has 4 nitrogen and oxygen atoms in total. The second-order valence-corrected chi connectivity index (χ2v) is 4.41. The van der Waals surface area contributed by atoms with Gasteiger partial charge in [0.1, 0.15) is 11.5 Å². The Bertz CT molecular complexity index is 405. The molecule has 1 N–H and O–H groups in total. The van der Waals surface area contributed by atoms with Crippen LogP contribution in [0.5, 0.6) is 11.5 Å². The standard InChI is InChI=1S/C14H24N2O2/c1-10-11(2)14(18-6)12(9-13(10)17-5)16(4)8-7-15-3/h9,15H,7-8H2,1-6H3. The lowest BCUT2D eigenvalue weighted by atomic mass is 10.1. The number of ether oxygens (including phenoxy) is 2. The Kier molecular flexibility index (Phi) is 5.28. The first-order chi connectivity index (χ1) is 8.56. The zero-order valence-corrected chi connectivity index (χ0v) is 12.3. The van der Waals surface area contributed by atoms with Gasteiger partial charge in [-0.25, -0.2) is 0 Å².